The Hall–Kier alpha value is -7.39. The standard InChI is InChI=1S/C45H25N5/c46-26-29-16-19-34(39(22-29)37-12-3-6-15-43(37)50-41-13-4-1-10-35(41)36-11-2-5-14-42(36)50)32-8-7-9-33(25-32)49-44-21-18-30(27-47)23-40(44)38-20-17-31(28-48)24-45(38)49/h1-25H. The van der Waals surface area contributed by atoms with E-state index in [1.807, 2.05) is 66.7 Å². The molecule has 9 rings (SSSR count). The Bertz CT molecular complexity index is 2920. The summed E-state index contributed by atoms with van der Waals surface area (Å²) in [5.41, 5.74) is 11.7. The van der Waals surface area contributed by atoms with Gasteiger partial charge in [0.15, 0.2) is 0 Å². The first-order chi connectivity index (χ1) is 24.7. The van der Waals surface area contributed by atoms with Crippen molar-refractivity contribution in [2.45, 2.75) is 0 Å². The quantitative estimate of drug-likeness (QED) is 0.193. The van der Waals surface area contributed by atoms with E-state index in [0.717, 1.165) is 66.5 Å². The second kappa shape index (κ2) is 11.4. The number of hydrogen-bond donors (Lipinski definition) is 0. The van der Waals surface area contributed by atoms with Gasteiger partial charge in [-0.3, -0.25) is 0 Å². The number of nitrogens with zero attached hydrogens (tertiary/aromatic N) is 5. The lowest BCUT2D eigenvalue weighted by Crippen LogP contribution is -1.99. The first kappa shape index (κ1) is 28.8. The summed E-state index contributed by atoms with van der Waals surface area (Å²) in [6.45, 7) is 0. The third-order valence-corrected chi connectivity index (χ3v) is 9.60. The topological polar surface area (TPSA) is 81.2 Å². The highest BCUT2D eigenvalue weighted by molar-refractivity contribution is 6.11. The lowest BCUT2D eigenvalue weighted by Gasteiger charge is -2.18. The summed E-state index contributed by atoms with van der Waals surface area (Å²) in [4.78, 5) is 0. The molecule has 0 fully saturated rings. The number of benzene rings is 7. The maximum Gasteiger partial charge on any atom is 0.0992 e. The summed E-state index contributed by atoms with van der Waals surface area (Å²) in [7, 11) is 0. The molecule has 0 aliphatic rings. The molecule has 0 atom stereocenters. The summed E-state index contributed by atoms with van der Waals surface area (Å²) in [5, 5.41) is 33.8. The van der Waals surface area contributed by atoms with Crippen LogP contribution in [0.3, 0.4) is 0 Å². The van der Waals surface area contributed by atoms with Gasteiger partial charge in [0.1, 0.15) is 0 Å². The number of rotatable bonds is 4. The molecule has 0 saturated heterocycles. The predicted molar refractivity (Wildman–Crippen MR) is 200 cm³/mol. The molecule has 9 aromatic rings. The summed E-state index contributed by atoms with van der Waals surface area (Å²) >= 11 is 0. The highest BCUT2D eigenvalue weighted by Crippen LogP contribution is 2.41. The van der Waals surface area contributed by atoms with E-state index < -0.39 is 0 Å². The summed E-state index contributed by atoms with van der Waals surface area (Å²) in [6, 6.07) is 57.9. The van der Waals surface area contributed by atoms with E-state index in [0.29, 0.717) is 16.7 Å². The second-order valence-corrected chi connectivity index (χ2v) is 12.3. The third-order valence-electron chi connectivity index (χ3n) is 9.60. The molecule has 230 valence electrons. The zero-order valence-corrected chi connectivity index (χ0v) is 26.7. The van der Waals surface area contributed by atoms with Gasteiger partial charge in [-0.2, -0.15) is 15.8 Å². The minimum absolute atomic E-state index is 0.564. The van der Waals surface area contributed by atoms with Crippen LogP contribution in [-0.4, -0.2) is 9.13 Å². The highest BCUT2D eigenvalue weighted by Gasteiger charge is 2.19. The van der Waals surface area contributed by atoms with E-state index in [9.17, 15) is 15.8 Å². The molecule has 0 aliphatic heterocycles. The van der Waals surface area contributed by atoms with Crippen LogP contribution in [0.15, 0.2) is 152 Å². The summed E-state index contributed by atoms with van der Waals surface area (Å²) in [6.07, 6.45) is 0. The lowest BCUT2D eigenvalue weighted by molar-refractivity contribution is 1.18. The Morgan fingerprint density at radius 2 is 0.960 bits per heavy atom. The van der Waals surface area contributed by atoms with Gasteiger partial charge in [0.05, 0.1) is 62.7 Å². The van der Waals surface area contributed by atoms with Gasteiger partial charge in [0.25, 0.3) is 0 Å². The molecule has 5 heteroatoms. The Morgan fingerprint density at radius 3 is 1.72 bits per heavy atom. The molecule has 0 amide bonds. The van der Waals surface area contributed by atoms with Crippen molar-refractivity contribution in [2.24, 2.45) is 0 Å². The van der Waals surface area contributed by atoms with E-state index in [-0.39, 0.29) is 0 Å². The van der Waals surface area contributed by atoms with E-state index in [1.54, 1.807) is 0 Å². The van der Waals surface area contributed by atoms with Gasteiger partial charge in [-0.1, -0.05) is 78.9 Å². The Morgan fingerprint density at radius 1 is 0.360 bits per heavy atom. The van der Waals surface area contributed by atoms with Gasteiger partial charge < -0.3 is 9.13 Å². The minimum atomic E-state index is 0.564. The zero-order chi connectivity index (χ0) is 33.8. The van der Waals surface area contributed by atoms with Crippen LogP contribution in [0.5, 0.6) is 0 Å². The van der Waals surface area contributed by atoms with Gasteiger partial charge in [0, 0.05) is 32.8 Å². The average molecular weight is 636 g/mol. The van der Waals surface area contributed by atoms with Gasteiger partial charge >= 0.3 is 0 Å². The van der Waals surface area contributed by atoms with Crippen LogP contribution >= 0.6 is 0 Å². The van der Waals surface area contributed by atoms with E-state index in [4.69, 9.17) is 0 Å². The van der Waals surface area contributed by atoms with E-state index in [2.05, 4.69) is 112 Å². The van der Waals surface area contributed by atoms with E-state index in [1.165, 1.54) is 10.8 Å². The normalized spacial score (nSPS) is 11.1. The maximum absolute atomic E-state index is 10.1. The fraction of sp³-hybridized carbons (Fsp3) is 0. The first-order valence-electron chi connectivity index (χ1n) is 16.3. The van der Waals surface area contributed by atoms with Crippen LogP contribution in [0.4, 0.5) is 0 Å². The number of aromatic nitrogens is 2. The fourth-order valence-electron chi connectivity index (χ4n) is 7.42. The van der Waals surface area contributed by atoms with Crippen molar-refractivity contribution in [1.82, 2.24) is 9.13 Å². The highest BCUT2D eigenvalue weighted by atomic mass is 15.0. The van der Waals surface area contributed by atoms with Crippen molar-refractivity contribution in [3.05, 3.63) is 168 Å². The van der Waals surface area contributed by atoms with Gasteiger partial charge in [0.2, 0.25) is 0 Å². The number of fused-ring (bicyclic) bond motifs is 6. The van der Waals surface area contributed by atoms with Crippen molar-refractivity contribution < 1.29 is 0 Å². The average Bonchev–Trinajstić information content (AvgIpc) is 3.69. The zero-order valence-electron chi connectivity index (χ0n) is 26.7. The monoisotopic (exact) mass is 635 g/mol. The molecule has 0 saturated carbocycles. The first-order valence-corrected chi connectivity index (χ1v) is 16.3. The van der Waals surface area contributed by atoms with Crippen LogP contribution < -0.4 is 0 Å². The van der Waals surface area contributed by atoms with Crippen molar-refractivity contribution in [3.8, 4) is 51.8 Å². The largest absolute Gasteiger partial charge is 0.309 e. The van der Waals surface area contributed by atoms with Crippen LogP contribution in [0.1, 0.15) is 16.7 Å². The summed E-state index contributed by atoms with van der Waals surface area (Å²) < 4.78 is 4.48. The number of para-hydroxylation sites is 3. The molecular weight excluding hydrogens is 611 g/mol. The van der Waals surface area contributed by atoms with Crippen molar-refractivity contribution in [3.63, 3.8) is 0 Å². The van der Waals surface area contributed by atoms with Gasteiger partial charge in [-0.25, -0.2) is 0 Å². The third kappa shape index (κ3) is 4.38. The number of hydrogen-bond acceptors (Lipinski definition) is 3. The molecule has 0 aliphatic carbocycles. The Kier molecular flexibility index (Phi) is 6.56. The van der Waals surface area contributed by atoms with Crippen molar-refractivity contribution >= 4 is 43.6 Å². The van der Waals surface area contributed by atoms with Crippen LogP contribution in [-0.2, 0) is 0 Å². The van der Waals surface area contributed by atoms with Gasteiger partial charge in [-0.05, 0) is 89.5 Å². The Labute approximate surface area is 287 Å². The molecule has 0 spiro atoms. The van der Waals surface area contributed by atoms with Crippen LogP contribution in [0.25, 0.3) is 77.2 Å². The molecule has 0 radical (unpaired) electrons. The lowest BCUT2D eigenvalue weighted by atomic mass is 9.91. The maximum atomic E-state index is 10.1. The SMILES string of the molecule is N#Cc1ccc(-c2cccc(-n3c4ccc(C#N)cc4c4ccc(C#N)cc43)c2)c(-c2ccccc2-n2c3ccccc3c3ccccc32)c1. The molecule has 7 aromatic carbocycles. The molecule has 0 unspecified atom stereocenters. The van der Waals surface area contributed by atoms with E-state index >= 15 is 0 Å². The molecule has 2 aromatic heterocycles. The van der Waals surface area contributed by atoms with Crippen LogP contribution in [0, 0.1) is 34.0 Å². The predicted octanol–water partition coefficient (Wildman–Crippen LogP) is 10.8. The second-order valence-electron chi connectivity index (χ2n) is 12.3. The molecule has 50 heavy (non-hydrogen) atoms. The molecule has 2 heterocycles. The molecular formula is C45H25N5. The Balaban J connectivity index is 1.29. The van der Waals surface area contributed by atoms with Crippen LogP contribution in [0.2, 0.25) is 0 Å². The van der Waals surface area contributed by atoms with Gasteiger partial charge in [-0.15, -0.1) is 0 Å². The van der Waals surface area contributed by atoms with Crippen molar-refractivity contribution in [1.29, 1.82) is 15.8 Å². The summed E-state index contributed by atoms with van der Waals surface area (Å²) in [5.74, 6) is 0. The molecule has 0 bridgehead atoms. The molecule has 0 N–H and O–H groups in total. The fourth-order valence-corrected chi connectivity index (χ4v) is 7.42. The number of nitriles is 3. The smallest absolute Gasteiger partial charge is 0.0992 e. The molecule has 5 nitrogen and oxygen atoms in total. The van der Waals surface area contributed by atoms with Crippen molar-refractivity contribution in [2.75, 3.05) is 0 Å². The minimum Gasteiger partial charge on any atom is -0.309 e.